The number of anilines is 1. The Morgan fingerprint density at radius 2 is 1.78 bits per heavy atom. The fourth-order valence-electron chi connectivity index (χ4n) is 5.05. The largest absolute Gasteiger partial charge is 0.497 e. The monoisotopic (exact) mass is 498 g/mol. The Hall–Kier alpha value is -3.80. The minimum atomic E-state index is -0.648. The van der Waals surface area contributed by atoms with E-state index in [9.17, 15) is 9.59 Å². The van der Waals surface area contributed by atoms with Crippen LogP contribution in [-0.4, -0.2) is 36.5 Å². The molecule has 3 aromatic carbocycles. The molecule has 3 aromatic rings. The van der Waals surface area contributed by atoms with Gasteiger partial charge in [-0.15, -0.1) is 0 Å². The second-order valence-corrected chi connectivity index (χ2v) is 9.97. The van der Waals surface area contributed by atoms with Crippen molar-refractivity contribution in [1.82, 2.24) is 4.90 Å². The van der Waals surface area contributed by atoms with Gasteiger partial charge in [-0.2, -0.15) is 0 Å². The van der Waals surface area contributed by atoms with Crippen molar-refractivity contribution in [3.8, 4) is 11.5 Å². The van der Waals surface area contributed by atoms with E-state index in [0.29, 0.717) is 24.4 Å². The summed E-state index contributed by atoms with van der Waals surface area (Å²) in [6, 6.07) is 21.5. The summed E-state index contributed by atoms with van der Waals surface area (Å²) >= 11 is 0. The molecule has 0 bridgehead atoms. The third-order valence-electron chi connectivity index (χ3n) is 7.21. The summed E-state index contributed by atoms with van der Waals surface area (Å²) in [4.78, 5) is 28.4. The number of hydrogen-bond donors (Lipinski definition) is 1. The maximum Gasteiger partial charge on any atom is 0.265 e. The van der Waals surface area contributed by atoms with Gasteiger partial charge in [0.25, 0.3) is 5.91 Å². The van der Waals surface area contributed by atoms with E-state index in [1.165, 1.54) is 5.56 Å². The molecule has 0 saturated heterocycles. The summed E-state index contributed by atoms with van der Waals surface area (Å²) in [5, 5.41) is 2.94. The van der Waals surface area contributed by atoms with E-state index < -0.39 is 6.10 Å². The first-order chi connectivity index (χ1) is 18.0. The van der Waals surface area contributed by atoms with Gasteiger partial charge in [-0.1, -0.05) is 42.8 Å². The van der Waals surface area contributed by atoms with Gasteiger partial charge in [0.2, 0.25) is 5.91 Å². The number of benzene rings is 3. The van der Waals surface area contributed by atoms with E-state index >= 15 is 0 Å². The molecule has 0 aromatic heterocycles. The third kappa shape index (κ3) is 5.48. The average Bonchev–Trinajstić information content (AvgIpc) is 3.76. The van der Waals surface area contributed by atoms with Gasteiger partial charge >= 0.3 is 0 Å². The number of rotatable bonds is 8. The van der Waals surface area contributed by atoms with E-state index in [4.69, 9.17) is 9.47 Å². The van der Waals surface area contributed by atoms with E-state index in [0.717, 1.165) is 41.7 Å². The van der Waals surface area contributed by atoms with Crippen LogP contribution in [0.4, 0.5) is 5.69 Å². The molecule has 6 heteroatoms. The van der Waals surface area contributed by atoms with Crippen LogP contribution in [0.1, 0.15) is 54.5 Å². The number of ether oxygens (including phenoxy) is 2. The molecule has 1 aliphatic carbocycles. The van der Waals surface area contributed by atoms with Gasteiger partial charge in [0.05, 0.1) is 13.2 Å². The maximum atomic E-state index is 13.3. The van der Waals surface area contributed by atoms with Crippen LogP contribution in [0.3, 0.4) is 0 Å². The van der Waals surface area contributed by atoms with Crippen molar-refractivity contribution >= 4 is 17.5 Å². The zero-order chi connectivity index (χ0) is 25.9. The van der Waals surface area contributed by atoms with Crippen molar-refractivity contribution in [3.63, 3.8) is 0 Å². The van der Waals surface area contributed by atoms with Crippen molar-refractivity contribution in [1.29, 1.82) is 0 Å². The van der Waals surface area contributed by atoms with Crippen molar-refractivity contribution < 1.29 is 19.1 Å². The smallest absolute Gasteiger partial charge is 0.265 e. The highest BCUT2D eigenvalue weighted by Gasteiger charge is 2.39. The molecular formula is C31H34N2O4. The summed E-state index contributed by atoms with van der Waals surface area (Å²) in [7, 11) is 1.61. The lowest BCUT2D eigenvalue weighted by Crippen LogP contribution is -2.41. The van der Waals surface area contributed by atoms with Crippen molar-refractivity contribution in [3.05, 3.63) is 89.0 Å². The lowest BCUT2D eigenvalue weighted by molar-refractivity contribution is -0.134. The standard InChI is InChI=1S/C31H34N2O4/c1-4-28(30(34)32-24-11-14-25(36-3)15-12-24)37-26-13-10-21-16-17-33(31(35)22-8-9-22)29(27(21)19-26)23-7-5-6-20(2)18-23/h5-7,10-15,18-19,22,28-29H,4,8-9,16-17H2,1-3H3,(H,32,34). The number of amides is 2. The molecule has 1 heterocycles. The molecule has 5 rings (SSSR count). The lowest BCUT2D eigenvalue weighted by Gasteiger charge is -2.38. The summed E-state index contributed by atoms with van der Waals surface area (Å²) in [5.74, 6) is 1.56. The number of aryl methyl sites for hydroxylation is 1. The highest BCUT2D eigenvalue weighted by atomic mass is 16.5. The van der Waals surface area contributed by atoms with Gasteiger partial charge in [0, 0.05) is 18.2 Å². The SMILES string of the molecule is CCC(Oc1ccc2c(c1)C(c1cccc(C)c1)N(C(=O)C1CC1)CC2)C(=O)Nc1ccc(OC)cc1. The highest BCUT2D eigenvalue weighted by molar-refractivity contribution is 5.94. The van der Waals surface area contributed by atoms with E-state index in [1.807, 2.05) is 24.0 Å². The van der Waals surface area contributed by atoms with Crippen LogP contribution >= 0.6 is 0 Å². The summed E-state index contributed by atoms with van der Waals surface area (Å²) in [5.41, 5.74) is 5.25. The molecule has 2 atom stereocenters. The fraction of sp³-hybridized carbons (Fsp3) is 0.355. The molecule has 192 valence electrons. The van der Waals surface area contributed by atoms with E-state index in [1.54, 1.807) is 31.4 Å². The lowest BCUT2D eigenvalue weighted by atomic mass is 9.87. The molecule has 1 aliphatic heterocycles. The normalized spacial score (nSPS) is 17.5. The van der Waals surface area contributed by atoms with E-state index in [2.05, 4.69) is 42.6 Å². The van der Waals surface area contributed by atoms with Crippen LogP contribution in [0, 0.1) is 12.8 Å². The second kappa shape index (κ2) is 10.7. The fourth-order valence-corrected chi connectivity index (χ4v) is 5.05. The van der Waals surface area contributed by atoms with Gasteiger partial charge in [-0.05, 0) is 85.7 Å². The van der Waals surface area contributed by atoms with Gasteiger partial charge in [-0.3, -0.25) is 9.59 Å². The molecule has 0 radical (unpaired) electrons. The van der Waals surface area contributed by atoms with E-state index in [-0.39, 0.29) is 23.8 Å². The minimum Gasteiger partial charge on any atom is -0.497 e. The Labute approximate surface area is 218 Å². The average molecular weight is 499 g/mol. The third-order valence-corrected chi connectivity index (χ3v) is 7.21. The molecule has 2 aliphatic rings. The number of fused-ring (bicyclic) bond motifs is 1. The van der Waals surface area contributed by atoms with Gasteiger partial charge in [0.1, 0.15) is 11.5 Å². The highest BCUT2D eigenvalue weighted by Crippen LogP contribution is 2.41. The molecule has 1 fully saturated rings. The molecule has 37 heavy (non-hydrogen) atoms. The Kier molecular flexibility index (Phi) is 7.17. The number of hydrogen-bond acceptors (Lipinski definition) is 4. The first-order valence-corrected chi connectivity index (χ1v) is 13.1. The van der Waals surface area contributed by atoms with Gasteiger partial charge in [0.15, 0.2) is 6.10 Å². The van der Waals surface area contributed by atoms with Gasteiger partial charge in [-0.25, -0.2) is 0 Å². The number of methoxy groups -OCH3 is 1. The predicted octanol–water partition coefficient (Wildman–Crippen LogP) is 5.68. The topological polar surface area (TPSA) is 67.9 Å². The van der Waals surface area contributed by atoms with Crippen molar-refractivity contribution in [2.75, 3.05) is 19.0 Å². The zero-order valence-corrected chi connectivity index (χ0v) is 21.7. The Bertz CT molecular complexity index is 1280. The summed E-state index contributed by atoms with van der Waals surface area (Å²) in [6.07, 6.45) is 2.64. The maximum absolute atomic E-state index is 13.3. The molecule has 0 spiro atoms. The first kappa shape index (κ1) is 24.9. The van der Waals surface area contributed by atoms with Crippen molar-refractivity contribution in [2.45, 2.75) is 51.7 Å². The molecule has 6 nitrogen and oxygen atoms in total. The number of nitrogens with zero attached hydrogens (tertiary/aromatic N) is 1. The molecule has 1 saturated carbocycles. The molecule has 2 amide bonds. The Morgan fingerprint density at radius 3 is 2.46 bits per heavy atom. The first-order valence-electron chi connectivity index (χ1n) is 13.1. The van der Waals surface area contributed by atoms with Gasteiger partial charge < -0.3 is 19.7 Å². The van der Waals surface area contributed by atoms with Crippen LogP contribution in [0.2, 0.25) is 0 Å². The molecular weight excluding hydrogens is 464 g/mol. The van der Waals surface area contributed by atoms with Crippen LogP contribution in [0.5, 0.6) is 11.5 Å². The number of carbonyl (C=O) groups is 2. The zero-order valence-electron chi connectivity index (χ0n) is 21.7. The molecule has 1 N–H and O–H groups in total. The van der Waals surface area contributed by atoms with Crippen molar-refractivity contribution in [2.24, 2.45) is 5.92 Å². The summed E-state index contributed by atoms with van der Waals surface area (Å²) < 4.78 is 11.4. The predicted molar refractivity (Wildman–Crippen MR) is 144 cm³/mol. The number of nitrogens with one attached hydrogen (secondary N) is 1. The van der Waals surface area contributed by atoms with Crippen LogP contribution in [0.25, 0.3) is 0 Å². The Balaban J connectivity index is 1.41. The van der Waals surface area contributed by atoms with Crippen LogP contribution in [0.15, 0.2) is 66.7 Å². The second-order valence-electron chi connectivity index (χ2n) is 9.97. The number of carbonyl (C=O) groups excluding carboxylic acids is 2. The quantitative estimate of drug-likeness (QED) is 0.434. The van der Waals surface area contributed by atoms with Crippen LogP contribution < -0.4 is 14.8 Å². The Morgan fingerprint density at radius 1 is 1.03 bits per heavy atom. The molecule has 2 unspecified atom stereocenters. The summed E-state index contributed by atoms with van der Waals surface area (Å²) in [6.45, 7) is 4.72. The minimum absolute atomic E-state index is 0.152. The van der Waals surface area contributed by atoms with Crippen LogP contribution in [-0.2, 0) is 16.0 Å².